The molecule has 0 fully saturated rings. The van der Waals surface area contributed by atoms with Crippen LogP contribution in [0, 0.1) is 6.07 Å². The SMILES string of the molecule is C[P+](C)(c1ccccc1)c1cc[c-]c(-c2ccccn2)c1.[Br-].[Br-].[Br-].[Ir]. The van der Waals surface area contributed by atoms with Crippen molar-refractivity contribution < 1.29 is 71.0 Å². The van der Waals surface area contributed by atoms with Crippen molar-refractivity contribution in [1.82, 2.24) is 4.98 Å². The third-order valence-corrected chi connectivity index (χ3v) is 6.93. The van der Waals surface area contributed by atoms with Crippen molar-refractivity contribution in [3.8, 4) is 11.3 Å². The van der Waals surface area contributed by atoms with Crippen LogP contribution in [-0.4, -0.2) is 18.3 Å². The summed E-state index contributed by atoms with van der Waals surface area (Å²) in [7, 11) is -1.34. The molecule has 3 rings (SSSR count). The van der Waals surface area contributed by atoms with Gasteiger partial charge in [-0.2, -0.15) is 0 Å². The molecule has 0 saturated heterocycles. The molecule has 25 heavy (non-hydrogen) atoms. The summed E-state index contributed by atoms with van der Waals surface area (Å²) >= 11 is 0. The average Bonchev–Trinajstić information content (AvgIpc) is 2.57. The van der Waals surface area contributed by atoms with Gasteiger partial charge in [0.05, 0.1) is 25.9 Å². The van der Waals surface area contributed by atoms with Crippen molar-refractivity contribution in [1.29, 1.82) is 0 Å². The van der Waals surface area contributed by atoms with Gasteiger partial charge >= 0.3 is 0 Å². The van der Waals surface area contributed by atoms with Crippen LogP contribution >= 0.6 is 7.26 Å². The van der Waals surface area contributed by atoms with Crippen LogP contribution < -0.4 is 61.6 Å². The fraction of sp³-hybridized carbons (Fsp3) is 0.105. The Balaban J connectivity index is 0. The van der Waals surface area contributed by atoms with E-state index in [1.165, 1.54) is 10.6 Å². The number of nitrogens with zero attached hydrogens (tertiary/aromatic N) is 1. The van der Waals surface area contributed by atoms with E-state index in [0.717, 1.165) is 11.3 Å². The van der Waals surface area contributed by atoms with Crippen molar-refractivity contribution in [2.75, 3.05) is 13.3 Å². The van der Waals surface area contributed by atoms with Gasteiger partial charge in [-0.15, -0.1) is 29.8 Å². The molecule has 0 bridgehead atoms. The topological polar surface area (TPSA) is 12.9 Å². The van der Waals surface area contributed by atoms with E-state index in [4.69, 9.17) is 0 Å². The zero-order valence-corrected chi connectivity index (χ0v) is 21.8. The van der Waals surface area contributed by atoms with Crippen LogP contribution in [0.4, 0.5) is 0 Å². The Morgan fingerprint density at radius 2 is 1.44 bits per heavy atom. The van der Waals surface area contributed by atoms with E-state index in [-0.39, 0.29) is 71.0 Å². The standard InChI is InChI=1S/C19H18NP.3BrH.Ir/c1-21(2,17-10-4-3-5-11-17)18-12-8-9-16(15-18)19-13-6-7-14-20-19;;;;/h3-8,10-15H,1-2H3;3*1H;/p-3. The fourth-order valence-corrected chi connectivity index (χ4v) is 4.54. The molecule has 0 spiro atoms. The second kappa shape index (κ2) is 12.5. The second-order valence-corrected chi connectivity index (χ2v) is 9.40. The van der Waals surface area contributed by atoms with Gasteiger partial charge in [-0.1, -0.05) is 30.3 Å². The Labute approximate surface area is 196 Å². The van der Waals surface area contributed by atoms with E-state index in [1.54, 1.807) is 0 Å². The molecule has 137 valence electrons. The van der Waals surface area contributed by atoms with Crippen LogP contribution in [0.2, 0.25) is 0 Å². The van der Waals surface area contributed by atoms with Gasteiger partial charge in [-0.25, -0.2) is 0 Å². The summed E-state index contributed by atoms with van der Waals surface area (Å²) in [6.07, 6.45) is 1.83. The molecule has 1 nitrogen and oxygen atoms in total. The number of benzene rings is 2. The zero-order chi connectivity index (χ0) is 14.7. The molecule has 1 heterocycles. The van der Waals surface area contributed by atoms with E-state index in [2.05, 4.69) is 66.8 Å². The summed E-state index contributed by atoms with van der Waals surface area (Å²) in [5, 5.41) is 2.80. The maximum Gasteiger partial charge on any atom is 0.0968 e. The van der Waals surface area contributed by atoms with E-state index in [0.29, 0.717) is 0 Å². The molecular weight excluding hydrogens is 705 g/mol. The number of hydrogen-bond donors (Lipinski definition) is 0. The molecule has 0 saturated carbocycles. The van der Waals surface area contributed by atoms with Gasteiger partial charge in [0.2, 0.25) is 0 Å². The van der Waals surface area contributed by atoms with Crippen LogP contribution in [0.5, 0.6) is 0 Å². The third kappa shape index (κ3) is 6.65. The first-order valence-electron chi connectivity index (χ1n) is 7.01. The molecule has 0 aliphatic heterocycles. The minimum atomic E-state index is -1.34. The molecule has 0 atom stereocenters. The van der Waals surface area contributed by atoms with E-state index < -0.39 is 7.26 Å². The summed E-state index contributed by atoms with van der Waals surface area (Å²) in [4.78, 5) is 4.43. The second-order valence-electron chi connectivity index (χ2n) is 5.46. The first-order chi connectivity index (χ1) is 10.2. The third-order valence-electron chi connectivity index (χ3n) is 3.77. The maximum absolute atomic E-state index is 4.43. The van der Waals surface area contributed by atoms with Gasteiger partial charge in [0, 0.05) is 31.6 Å². The van der Waals surface area contributed by atoms with Crippen molar-refractivity contribution in [2.24, 2.45) is 0 Å². The van der Waals surface area contributed by atoms with Crippen molar-refractivity contribution in [3.05, 3.63) is 79.0 Å². The van der Waals surface area contributed by atoms with E-state index in [1.807, 2.05) is 30.5 Å². The molecule has 6 heteroatoms. The van der Waals surface area contributed by atoms with Crippen molar-refractivity contribution in [2.45, 2.75) is 0 Å². The Morgan fingerprint density at radius 1 is 0.800 bits per heavy atom. The average molecular weight is 723 g/mol. The first-order valence-corrected chi connectivity index (χ1v) is 9.69. The molecule has 1 radical (unpaired) electrons. The smallest absolute Gasteiger partial charge is 0.0968 e. The number of rotatable bonds is 3. The van der Waals surface area contributed by atoms with Gasteiger partial charge in [0.15, 0.2) is 0 Å². The number of aromatic nitrogens is 1. The van der Waals surface area contributed by atoms with Gasteiger partial charge < -0.3 is 55.9 Å². The van der Waals surface area contributed by atoms with Gasteiger partial charge in [0.1, 0.15) is 0 Å². The predicted molar refractivity (Wildman–Crippen MR) is 93.0 cm³/mol. The number of pyridine rings is 1. The molecule has 0 aliphatic carbocycles. The Hall–Kier alpha value is 0.109. The van der Waals surface area contributed by atoms with Crippen molar-refractivity contribution >= 4 is 17.9 Å². The van der Waals surface area contributed by atoms with Crippen LogP contribution in [0.15, 0.2) is 72.9 Å². The van der Waals surface area contributed by atoms with Crippen molar-refractivity contribution in [3.63, 3.8) is 0 Å². The van der Waals surface area contributed by atoms with Crippen LogP contribution in [0.1, 0.15) is 0 Å². The molecule has 2 aromatic carbocycles. The van der Waals surface area contributed by atoms with Gasteiger partial charge in [-0.05, 0) is 23.9 Å². The van der Waals surface area contributed by atoms with Gasteiger partial charge in [-0.3, -0.25) is 0 Å². The zero-order valence-electron chi connectivity index (χ0n) is 13.8. The molecule has 0 unspecified atom stereocenters. The van der Waals surface area contributed by atoms with Crippen LogP contribution in [-0.2, 0) is 20.1 Å². The van der Waals surface area contributed by atoms with Crippen LogP contribution in [0.25, 0.3) is 11.3 Å². The minimum absolute atomic E-state index is 0. The largest absolute Gasteiger partial charge is 1.00 e. The Kier molecular flexibility index (Phi) is 13.7. The molecule has 0 N–H and O–H groups in total. The Bertz CT molecular complexity index is 740. The molecule has 1 aromatic heterocycles. The quantitative estimate of drug-likeness (QED) is 0.195. The molecular formula is C19H18Br3IrNP-3. The number of hydrogen-bond acceptors (Lipinski definition) is 1. The summed E-state index contributed by atoms with van der Waals surface area (Å²) in [5.74, 6) is 0. The van der Waals surface area contributed by atoms with E-state index in [9.17, 15) is 0 Å². The maximum atomic E-state index is 4.43. The predicted octanol–water partition coefficient (Wildman–Crippen LogP) is -5.21. The normalized spacial score (nSPS) is 9.52. The number of halogens is 3. The molecule has 3 aromatic rings. The van der Waals surface area contributed by atoms with Crippen LogP contribution in [0.3, 0.4) is 0 Å². The molecule has 0 amide bonds. The summed E-state index contributed by atoms with van der Waals surface area (Å²) in [5.41, 5.74) is 2.05. The summed E-state index contributed by atoms with van der Waals surface area (Å²) in [6.45, 7) is 4.72. The molecule has 0 aliphatic rings. The fourth-order valence-electron chi connectivity index (χ4n) is 2.42. The monoisotopic (exact) mass is 721 g/mol. The van der Waals surface area contributed by atoms with E-state index >= 15 is 0 Å². The summed E-state index contributed by atoms with van der Waals surface area (Å²) < 4.78 is 0. The van der Waals surface area contributed by atoms with Gasteiger partial charge in [0.25, 0.3) is 0 Å². The Morgan fingerprint density at radius 3 is 2.04 bits per heavy atom. The summed E-state index contributed by atoms with van der Waals surface area (Å²) in [6, 6.07) is 26.5. The first kappa shape index (κ1) is 27.3. The minimum Gasteiger partial charge on any atom is -1.00 e.